The summed E-state index contributed by atoms with van der Waals surface area (Å²) in [4.78, 5) is 73.1. The first kappa shape index (κ1) is 59.6. The third kappa shape index (κ3) is 16.0. The molecule has 4 aromatic rings. The van der Waals surface area contributed by atoms with Gasteiger partial charge < -0.3 is 53.6 Å². The number of ether oxygens (including phenoxy) is 8. The Morgan fingerprint density at radius 2 is 1.06 bits per heavy atom. The van der Waals surface area contributed by atoms with E-state index in [0.717, 1.165) is 62.5 Å². The van der Waals surface area contributed by atoms with Gasteiger partial charge in [0, 0.05) is 53.5 Å². The highest BCUT2D eigenvalue weighted by atomic mass is 35.5. The van der Waals surface area contributed by atoms with Gasteiger partial charge in [-0.05, 0) is 85.8 Å². The minimum absolute atomic E-state index is 0.0321. The highest BCUT2D eigenvalue weighted by Gasteiger charge is 2.42. The number of carbonyl (C=O) groups excluding carboxylic acids is 5. The van der Waals surface area contributed by atoms with Crippen LogP contribution in [0.1, 0.15) is 104 Å². The summed E-state index contributed by atoms with van der Waals surface area (Å²) in [5.74, 6) is -2.18. The molecular weight excluding hydrogens is 1050 g/mol. The number of aromatic hydroxyl groups is 1. The Morgan fingerprint density at radius 3 is 1.51 bits per heavy atom. The van der Waals surface area contributed by atoms with E-state index in [4.69, 9.17) is 61.1 Å². The second kappa shape index (κ2) is 29.2. The van der Waals surface area contributed by atoms with Gasteiger partial charge in [0.05, 0.1) is 53.7 Å². The van der Waals surface area contributed by atoms with Crippen molar-refractivity contribution < 1.29 is 67.0 Å². The molecule has 2 amide bonds. The molecule has 2 aliphatic heterocycles. The molecule has 0 unspecified atom stereocenters. The Morgan fingerprint density at radius 1 is 0.628 bits per heavy atom. The normalized spacial score (nSPS) is 24.2. The summed E-state index contributed by atoms with van der Waals surface area (Å²) in [5, 5.41) is 16.9. The van der Waals surface area contributed by atoms with Crippen molar-refractivity contribution in [1.82, 2.24) is 20.6 Å². The number of methoxy groups -OCH3 is 3. The molecule has 2 saturated heterocycles. The van der Waals surface area contributed by atoms with Gasteiger partial charge in [0.25, 0.3) is 11.8 Å². The number of nitrogens with zero attached hydrogens (tertiary/aromatic N) is 2. The van der Waals surface area contributed by atoms with Gasteiger partial charge >= 0.3 is 17.9 Å². The number of pyridine rings is 2. The van der Waals surface area contributed by atoms with Crippen LogP contribution >= 0.6 is 23.2 Å². The third-order valence-corrected chi connectivity index (χ3v) is 15.8. The maximum absolute atomic E-state index is 13.4. The number of esters is 3. The zero-order chi connectivity index (χ0) is 55.7. The molecule has 20 heteroatoms. The molecule has 4 aliphatic rings. The molecule has 3 N–H and O–H groups in total. The Balaban J connectivity index is 0.000000229. The number of rotatable bonds is 16. The highest BCUT2D eigenvalue weighted by Crippen LogP contribution is 2.42. The van der Waals surface area contributed by atoms with E-state index in [-0.39, 0.29) is 90.8 Å². The smallest absolute Gasteiger partial charge is 0.331 e. The second-order valence-corrected chi connectivity index (χ2v) is 21.3. The van der Waals surface area contributed by atoms with Crippen molar-refractivity contribution in [2.75, 3.05) is 54.4 Å². The standard InChI is InChI=1S/C31H39ClN2O8.C27H33ClN2O6/c1-19-27(21-6-4-5-7-21)22(16-20-8-10-23(32)11-9-20)17-40-18-24(31(37)41-19)34-30(36)28-29(25(39-3)12-14-33-28)42-26(35)13-15-38-2;1-16-23(18-5-3-4-6-18)19(13-17-7-9-20(28)10-8-17)14-35-15-21(27(33)36-16)30-26(32)24-25(31)22(34-2)11-12-29-24/h8-12,14,19,21-22,24,27H,4-7,13,15-18H2,1-3H3,(H,34,36);7-12,16,18-19,21,23,31H,3-6,13-15H2,1-2H3,(H,30,32)/t19-,22-,24-,27+;16-,19-,21-,23+/m00/s1. The van der Waals surface area contributed by atoms with E-state index in [1.54, 1.807) is 0 Å². The van der Waals surface area contributed by atoms with Crippen LogP contribution in [0.5, 0.6) is 23.0 Å². The van der Waals surface area contributed by atoms with Crippen molar-refractivity contribution in [2.45, 2.75) is 109 Å². The molecule has 0 radical (unpaired) electrons. The van der Waals surface area contributed by atoms with Gasteiger partial charge in [0.15, 0.2) is 40.7 Å². The zero-order valence-corrected chi connectivity index (χ0v) is 46.4. The maximum atomic E-state index is 13.4. The number of hydrogen-bond donors (Lipinski definition) is 3. The van der Waals surface area contributed by atoms with Crippen LogP contribution in [0.2, 0.25) is 10.0 Å². The first-order valence-corrected chi connectivity index (χ1v) is 27.5. The van der Waals surface area contributed by atoms with Gasteiger partial charge in [-0.2, -0.15) is 0 Å². The van der Waals surface area contributed by atoms with E-state index in [1.165, 1.54) is 58.7 Å². The third-order valence-electron chi connectivity index (χ3n) is 15.3. The Kier molecular flexibility index (Phi) is 22.4. The monoisotopic (exact) mass is 1120 g/mol. The number of amides is 2. The minimum Gasteiger partial charge on any atom is -0.503 e. The van der Waals surface area contributed by atoms with Gasteiger partial charge in [-0.3, -0.25) is 14.4 Å². The highest BCUT2D eigenvalue weighted by molar-refractivity contribution is 6.30. The summed E-state index contributed by atoms with van der Waals surface area (Å²) in [6.07, 6.45) is 12.5. The molecule has 4 fully saturated rings. The number of carbonyl (C=O) groups is 5. The van der Waals surface area contributed by atoms with E-state index in [0.29, 0.717) is 35.1 Å². The zero-order valence-electron chi connectivity index (χ0n) is 44.9. The van der Waals surface area contributed by atoms with E-state index < -0.39 is 47.6 Å². The van der Waals surface area contributed by atoms with Crippen LogP contribution in [0.3, 0.4) is 0 Å². The van der Waals surface area contributed by atoms with Gasteiger partial charge in [-0.15, -0.1) is 0 Å². The van der Waals surface area contributed by atoms with Gasteiger partial charge in [0.1, 0.15) is 12.2 Å². The largest absolute Gasteiger partial charge is 0.503 e. The quantitative estimate of drug-likeness (QED) is 0.0892. The lowest BCUT2D eigenvalue weighted by molar-refractivity contribution is -0.156. The maximum Gasteiger partial charge on any atom is 0.331 e. The van der Waals surface area contributed by atoms with Crippen LogP contribution in [-0.2, 0) is 50.9 Å². The predicted octanol–water partition coefficient (Wildman–Crippen LogP) is 8.59. The van der Waals surface area contributed by atoms with E-state index in [9.17, 15) is 29.1 Å². The Labute approximate surface area is 465 Å². The first-order valence-electron chi connectivity index (χ1n) is 26.8. The second-order valence-electron chi connectivity index (χ2n) is 20.5. The topological polar surface area (TPSA) is 229 Å². The molecular formula is C58H72Cl2N4O14. The lowest BCUT2D eigenvalue weighted by atomic mass is 9.75. The minimum atomic E-state index is -1.09. The summed E-state index contributed by atoms with van der Waals surface area (Å²) >= 11 is 12.2. The molecule has 8 rings (SSSR count). The first-order chi connectivity index (χ1) is 37.7. The lowest BCUT2D eigenvalue weighted by Crippen LogP contribution is -2.46. The van der Waals surface area contributed by atoms with Crippen molar-refractivity contribution in [3.05, 3.63) is 106 Å². The number of aromatic nitrogens is 2. The van der Waals surface area contributed by atoms with Crippen LogP contribution in [-0.4, -0.2) is 123 Å². The fourth-order valence-electron chi connectivity index (χ4n) is 11.6. The summed E-state index contributed by atoms with van der Waals surface area (Å²) in [7, 11) is 4.23. The molecule has 2 aromatic carbocycles. The van der Waals surface area contributed by atoms with Gasteiger partial charge in [-0.1, -0.05) is 98.8 Å². The van der Waals surface area contributed by atoms with Crippen LogP contribution in [0.25, 0.3) is 0 Å². The number of benzene rings is 2. The summed E-state index contributed by atoms with van der Waals surface area (Å²) in [6, 6.07) is 16.4. The summed E-state index contributed by atoms with van der Waals surface area (Å²) in [6.45, 7) is 4.72. The lowest BCUT2D eigenvalue weighted by Gasteiger charge is -2.35. The van der Waals surface area contributed by atoms with Crippen molar-refractivity contribution in [3.8, 4) is 23.0 Å². The van der Waals surface area contributed by atoms with E-state index >= 15 is 0 Å². The van der Waals surface area contributed by atoms with Crippen LogP contribution in [0, 0.1) is 35.5 Å². The Hall–Kier alpha value is -6.05. The van der Waals surface area contributed by atoms with Crippen molar-refractivity contribution in [2.24, 2.45) is 35.5 Å². The molecule has 4 heterocycles. The molecule has 2 saturated carbocycles. The molecule has 8 atom stereocenters. The van der Waals surface area contributed by atoms with Crippen LogP contribution in [0.15, 0.2) is 73.1 Å². The molecule has 2 aliphatic carbocycles. The van der Waals surface area contributed by atoms with Crippen LogP contribution in [0.4, 0.5) is 0 Å². The van der Waals surface area contributed by atoms with Crippen LogP contribution < -0.4 is 24.8 Å². The van der Waals surface area contributed by atoms with E-state index in [2.05, 4.69) is 20.6 Å². The van der Waals surface area contributed by atoms with Crippen molar-refractivity contribution in [3.63, 3.8) is 0 Å². The summed E-state index contributed by atoms with van der Waals surface area (Å²) < 4.78 is 44.8. The SMILES string of the molecule is COCCC(=O)Oc1c(OC)ccnc1C(=O)N[C@H]1COC[C@H](Cc2ccc(Cl)cc2)[C@@H](C2CCCC2)[C@H](C)OC1=O.COc1ccnc(C(=O)N[C@H]2COC[C@H](Cc3ccc(Cl)cc3)[C@@H](C3CCCC3)[C@H](C)OC2=O)c1O. The van der Waals surface area contributed by atoms with Gasteiger partial charge in [0.2, 0.25) is 5.75 Å². The average molecular weight is 1120 g/mol. The molecule has 78 heavy (non-hydrogen) atoms. The fraction of sp³-hybridized carbons (Fsp3) is 0.534. The van der Waals surface area contributed by atoms with Gasteiger partial charge in [-0.25, -0.2) is 19.6 Å². The molecule has 0 spiro atoms. The molecule has 422 valence electrons. The molecule has 18 nitrogen and oxygen atoms in total. The number of halogens is 2. The van der Waals surface area contributed by atoms with Crippen molar-refractivity contribution in [1.29, 1.82) is 0 Å². The fourth-order valence-corrected chi connectivity index (χ4v) is 11.8. The Bertz CT molecular complexity index is 2630. The predicted molar refractivity (Wildman–Crippen MR) is 289 cm³/mol. The summed E-state index contributed by atoms with van der Waals surface area (Å²) in [5.41, 5.74) is 1.85. The number of hydrogen-bond acceptors (Lipinski definition) is 16. The molecule has 0 bridgehead atoms. The van der Waals surface area contributed by atoms with Crippen molar-refractivity contribution >= 4 is 52.9 Å². The molecule has 2 aromatic heterocycles. The average Bonchev–Trinajstić information content (AvgIpc) is 4.19. The number of cyclic esters (lactones) is 2. The number of nitrogens with one attached hydrogen (secondary N) is 2. The van der Waals surface area contributed by atoms with E-state index in [1.807, 2.05) is 62.4 Å².